The van der Waals surface area contributed by atoms with Crippen molar-refractivity contribution in [2.45, 2.75) is 6.92 Å². The maximum absolute atomic E-state index is 12.1. The summed E-state index contributed by atoms with van der Waals surface area (Å²) >= 11 is 0. The highest BCUT2D eigenvalue weighted by atomic mass is 32.2. The molecule has 1 atom stereocenters. The SMILES string of the molecule is CCS(=O)CCNC(=O)c1cccc2c1NCCN2. The van der Waals surface area contributed by atoms with Crippen LogP contribution in [0, 0.1) is 0 Å². The maximum Gasteiger partial charge on any atom is 0.253 e. The van der Waals surface area contributed by atoms with Gasteiger partial charge in [0.2, 0.25) is 0 Å². The van der Waals surface area contributed by atoms with Crippen molar-refractivity contribution < 1.29 is 9.00 Å². The number of rotatable bonds is 5. The van der Waals surface area contributed by atoms with Crippen LogP contribution in [-0.2, 0) is 10.8 Å². The molecule has 0 aliphatic carbocycles. The van der Waals surface area contributed by atoms with Gasteiger partial charge < -0.3 is 16.0 Å². The second kappa shape index (κ2) is 6.56. The van der Waals surface area contributed by atoms with E-state index >= 15 is 0 Å². The minimum absolute atomic E-state index is 0.124. The average Bonchev–Trinajstić information content (AvgIpc) is 2.46. The molecule has 0 saturated carbocycles. The molecule has 0 radical (unpaired) electrons. The number of amides is 1. The standard InChI is InChI=1S/C13H19N3O2S/c1-2-19(18)9-8-16-13(17)10-4-3-5-11-12(10)15-7-6-14-11/h3-5,14-15H,2,6-9H2,1H3,(H,16,17). The summed E-state index contributed by atoms with van der Waals surface area (Å²) in [5, 5.41) is 9.30. The molecule has 1 heterocycles. The van der Waals surface area contributed by atoms with Gasteiger partial charge in [0.05, 0.1) is 16.9 Å². The van der Waals surface area contributed by atoms with Crippen molar-refractivity contribution in [2.75, 3.05) is 41.8 Å². The molecule has 0 aromatic heterocycles. The molecule has 19 heavy (non-hydrogen) atoms. The van der Waals surface area contributed by atoms with Gasteiger partial charge in [0.15, 0.2) is 0 Å². The van der Waals surface area contributed by atoms with E-state index in [9.17, 15) is 9.00 Å². The Morgan fingerprint density at radius 2 is 2.16 bits per heavy atom. The monoisotopic (exact) mass is 281 g/mol. The van der Waals surface area contributed by atoms with E-state index in [1.54, 1.807) is 6.07 Å². The third kappa shape index (κ3) is 3.47. The molecule has 1 aliphatic rings. The number of fused-ring (bicyclic) bond motifs is 1. The van der Waals surface area contributed by atoms with Crippen LogP contribution in [0.15, 0.2) is 18.2 Å². The zero-order valence-corrected chi connectivity index (χ0v) is 11.8. The van der Waals surface area contributed by atoms with Gasteiger partial charge in [0.1, 0.15) is 0 Å². The number of para-hydroxylation sites is 1. The molecule has 0 saturated heterocycles. The van der Waals surface area contributed by atoms with E-state index in [1.165, 1.54) is 0 Å². The number of nitrogens with one attached hydrogen (secondary N) is 3. The fraction of sp³-hybridized carbons (Fsp3) is 0.462. The molecule has 1 aliphatic heterocycles. The van der Waals surface area contributed by atoms with Crippen LogP contribution in [0.5, 0.6) is 0 Å². The van der Waals surface area contributed by atoms with E-state index < -0.39 is 10.8 Å². The first-order valence-electron chi connectivity index (χ1n) is 6.46. The number of hydrogen-bond donors (Lipinski definition) is 3. The Balaban J connectivity index is 2.01. The predicted octanol–water partition coefficient (Wildman–Crippen LogP) is 1.02. The molecule has 3 N–H and O–H groups in total. The Bertz CT molecular complexity index is 491. The van der Waals surface area contributed by atoms with Crippen molar-refractivity contribution in [3.63, 3.8) is 0 Å². The lowest BCUT2D eigenvalue weighted by Crippen LogP contribution is -2.30. The van der Waals surface area contributed by atoms with Gasteiger partial charge in [-0.2, -0.15) is 0 Å². The molecule has 2 rings (SSSR count). The Kier molecular flexibility index (Phi) is 4.79. The first-order valence-corrected chi connectivity index (χ1v) is 7.95. The van der Waals surface area contributed by atoms with Crippen LogP contribution in [0.2, 0.25) is 0 Å². The molecule has 1 amide bonds. The van der Waals surface area contributed by atoms with Gasteiger partial charge in [-0.3, -0.25) is 9.00 Å². The quantitative estimate of drug-likeness (QED) is 0.754. The molecule has 1 unspecified atom stereocenters. The minimum Gasteiger partial charge on any atom is -0.382 e. The highest BCUT2D eigenvalue weighted by Gasteiger charge is 2.16. The van der Waals surface area contributed by atoms with Crippen LogP contribution in [0.25, 0.3) is 0 Å². The van der Waals surface area contributed by atoms with E-state index in [0.717, 1.165) is 24.5 Å². The molecular formula is C13H19N3O2S. The van der Waals surface area contributed by atoms with E-state index in [0.29, 0.717) is 23.6 Å². The fourth-order valence-electron chi connectivity index (χ4n) is 1.98. The van der Waals surface area contributed by atoms with Crippen LogP contribution in [0.4, 0.5) is 11.4 Å². The van der Waals surface area contributed by atoms with Crippen LogP contribution in [0.3, 0.4) is 0 Å². The van der Waals surface area contributed by atoms with Gasteiger partial charge in [0, 0.05) is 41.9 Å². The molecule has 6 heteroatoms. The smallest absolute Gasteiger partial charge is 0.253 e. The first kappa shape index (κ1) is 13.9. The molecule has 104 valence electrons. The van der Waals surface area contributed by atoms with Gasteiger partial charge in [0.25, 0.3) is 5.91 Å². The maximum atomic E-state index is 12.1. The van der Waals surface area contributed by atoms with Gasteiger partial charge in [-0.05, 0) is 12.1 Å². The topological polar surface area (TPSA) is 70.2 Å². The second-order valence-electron chi connectivity index (χ2n) is 4.27. The Labute approximate surface area is 115 Å². The molecule has 1 aromatic rings. The van der Waals surface area contributed by atoms with Crippen LogP contribution >= 0.6 is 0 Å². The largest absolute Gasteiger partial charge is 0.382 e. The predicted molar refractivity (Wildman–Crippen MR) is 79.3 cm³/mol. The molecule has 0 fully saturated rings. The summed E-state index contributed by atoms with van der Waals surface area (Å²) in [4.78, 5) is 12.1. The van der Waals surface area contributed by atoms with Crippen LogP contribution in [-0.4, -0.2) is 41.3 Å². The van der Waals surface area contributed by atoms with E-state index in [-0.39, 0.29) is 5.91 Å². The van der Waals surface area contributed by atoms with Gasteiger partial charge >= 0.3 is 0 Å². The van der Waals surface area contributed by atoms with Gasteiger partial charge in [-0.15, -0.1) is 0 Å². The molecule has 1 aromatic carbocycles. The summed E-state index contributed by atoms with van der Waals surface area (Å²) in [7, 11) is -0.844. The van der Waals surface area contributed by atoms with Crippen molar-refractivity contribution in [1.29, 1.82) is 0 Å². The Morgan fingerprint density at radius 3 is 2.95 bits per heavy atom. The summed E-state index contributed by atoms with van der Waals surface area (Å²) in [6.45, 7) is 3.97. The number of benzene rings is 1. The fourth-order valence-corrected chi connectivity index (χ4v) is 2.60. The van der Waals surface area contributed by atoms with Gasteiger partial charge in [-0.1, -0.05) is 13.0 Å². The second-order valence-corrected chi connectivity index (χ2v) is 6.14. The summed E-state index contributed by atoms with van der Waals surface area (Å²) in [6, 6.07) is 5.60. The highest BCUT2D eigenvalue weighted by molar-refractivity contribution is 7.84. The van der Waals surface area contributed by atoms with Crippen molar-refractivity contribution in [2.24, 2.45) is 0 Å². The van der Waals surface area contributed by atoms with E-state index in [2.05, 4.69) is 16.0 Å². The third-order valence-corrected chi connectivity index (χ3v) is 4.29. The van der Waals surface area contributed by atoms with Crippen molar-refractivity contribution >= 4 is 28.1 Å². The highest BCUT2D eigenvalue weighted by Crippen LogP contribution is 2.28. The van der Waals surface area contributed by atoms with Crippen LogP contribution in [0.1, 0.15) is 17.3 Å². The number of anilines is 2. The number of carbonyl (C=O) groups is 1. The zero-order valence-electron chi connectivity index (χ0n) is 11.0. The lowest BCUT2D eigenvalue weighted by Gasteiger charge is -2.22. The molecule has 0 bridgehead atoms. The normalized spacial score (nSPS) is 14.8. The first-order chi connectivity index (χ1) is 9.22. The lowest BCUT2D eigenvalue weighted by atomic mass is 10.1. The number of carbonyl (C=O) groups excluding carboxylic acids is 1. The lowest BCUT2D eigenvalue weighted by molar-refractivity contribution is 0.0957. The minimum atomic E-state index is -0.844. The number of hydrogen-bond acceptors (Lipinski definition) is 4. The Morgan fingerprint density at radius 1 is 1.37 bits per heavy atom. The third-order valence-electron chi connectivity index (χ3n) is 2.99. The Hall–Kier alpha value is -1.56. The summed E-state index contributed by atoms with van der Waals surface area (Å²) in [6.07, 6.45) is 0. The molecular weight excluding hydrogens is 262 g/mol. The molecule has 5 nitrogen and oxygen atoms in total. The van der Waals surface area contributed by atoms with Crippen molar-refractivity contribution in [3.8, 4) is 0 Å². The van der Waals surface area contributed by atoms with Crippen LogP contribution < -0.4 is 16.0 Å². The molecule has 0 spiro atoms. The average molecular weight is 281 g/mol. The van der Waals surface area contributed by atoms with E-state index in [4.69, 9.17) is 0 Å². The van der Waals surface area contributed by atoms with Crippen molar-refractivity contribution in [1.82, 2.24) is 5.32 Å². The zero-order chi connectivity index (χ0) is 13.7. The van der Waals surface area contributed by atoms with E-state index in [1.807, 2.05) is 19.1 Å². The summed E-state index contributed by atoms with van der Waals surface area (Å²) in [5.41, 5.74) is 2.44. The summed E-state index contributed by atoms with van der Waals surface area (Å²) < 4.78 is 11.3. The summed E-state index contributed by atoms with van der Waals surface area (Å²) in [5.74, 6) is 1.01. The van der Waals surface area contributed by atoms with Gasteiger partial charge in [-0.25, -0.2) is 0 Å². The van der Waals surface area contributed by atoms with Crippen molar-refractivity contribution in [3.05, 3.63) is 23.8 Å².